The van der Waals surface area contributed by atoms with E-state index in [4.69, 9.17) is 0 Å². The average molecular weight is 140 g/mol. The molecule has 0 radical (unpaired) electrons. The van der Waals surface area contributed by atoms with Gasteiger partial charge in [0, 0.05) is 6.54 Å². The second-order valence-corrected chi connectivity index (χ2v) is 2.78. The SMILES string of the molecule is C=C1CCC(NCC)NC1. The van der Waals surface area contributed by atoms with Crippen molar-refractivity contribution in [3.8, 4) is 0 Å². The first-order valence-electron chi connectivity index (χ1n) is 3.96. The van der Waals surface area contributed by atoms with Crippen LogP contribution in [0.25, 0.3) is 0 Å². The summed E-state index contributed by atoms with van der Waals surface area (Å²) in [6.07, 6.45) is 2.88. The highest BCUT2D eigenvalue weighted by molar-refractivity contribution is 5.01. The fourth-order valence-electron chi connectivity index (χ4n) is 1.23. The monoisotopic (exact) mass is 140 g/mol. The average Bonchev–Trinajstić information content (AvgIpc) is 1.95. The van der Waals surface area contributed by atoms with Crippen LogP contribution in [0.2, 0.25) is 0 Å². The molecule has 1 aliphatic heterocycles. The molecule has 0 saturated carbocycles. The van der Waals surface area contributed by atoms with Gasteiger partial charge in [-0.1, -0.05) is 19.1 Å². The van der Waals surface area contributed by atoms with E-state index in [9.17, 15) is 0 Å². The Labute approximate surface area is 62.7 Å². The Kier molecular flexibility index (Phi) is 2.90. The lowest BCUT2D eigenvalue weighted by Gasteiger charge is -2.25. The minimum absolute atomic E-state index is 0.524. The smallest absolute Gasteiger partial charge is 0.0577 e. The van der Waals surface area contributed by atoms with Crippen LogP contribution in [0.15, 0.2) is 12.2 Å². The van der Waals surface area contributed by atoms with Gasteiger partial charge >= 0.3 is 0 Å². The Morgan fingerprint density at radius 3 is 3.10 bits per heavy atom. The second kappa shape index (κ2) is 3.74. The Bertz CT molecular complexity index is 110. The zero-order valence-electron chi connectivity index (χ0n) is 6.61. The van der Waals surface area contributed by atoms with Crippen molar-refractivity contribution < 1.29 is 0 Å². The maximum Gasteiger partial charge on any atom is 0.0577 e. The summed E-state index contributed by atoms with van der Waals surface area (Å²) >= 11 is 0. The first-order chi connectivity index (χ1) is 4.83. The molecule has 1 heterocycles. The van der Waals surface area contributed by atoms with Gasteiger partial charge in [-0.25, -0.2) is 0 Å². The lowest BCUT2D eigenvalue weighted by atomic mass is 10.1. The van der Waals surface area contributed by atoms with Crippen molar-refractivity contribution >= 4 is 0 Å². The molecule has 1 atom stereocenters. The van der Waals surface area contributed by atoms with Crippen molar-refractivity contribution in [2.45, 2.75) is 25.9 Å². The van der Waals surface area contributed by atoms with Gasteiger partial charge in [-0.2, -0.15) is 0 Å². The zero-order chi connectivity index (χ0) is 7.40. The van der Waals surface area contributed by atoms with E-state index in [1.165, 1.54) is 18.4 Å². The zero-order valence-corrected chi connectivity index (χ0v) is 6.61. The Morgan fingerprint density at radius 1 is 1.80 bits per heavy atom. The fraction of sp³-hybridized carbons (Fsp3) is 0.750. The molecule has 58 valence electrons. The number of hydrogen-bond acceptors (Lipinski definition) is 2. The van der Waals surface area contributed by atoms with Crippen molar-refractivity contribution in [1.82, 2.24) is 10.6 Å². The van der Waals surface area contributed by atoms with Crippen molar-refractivity contribution in [2.24, 2.45) is 0 Å². The van der Waals surface area contributed by atoms with Crippen LogP contribution in [-0.4, -0.2) is 19.3 Å². The highest BCUT2D eigenvalue weighted by Gasteiger charge is 2.11. The van der Waals surface area contributed by atoms with Gasteiger partial charge < -0.3 is 5.32 Å². The van der Waals surface area contributed by atoms with Gasteiger partial charge in [0.05, 0.1) is 6.17 Å². The van der Waals surface area contributed by atoms with Crippen molar-refractivity contribution in [1.29, 1.82) is 0 Å². The fourth-order valence-corrected chi connectivity index (χ4v) is 1.23. The molecule has 0 aromatic carbocycles. The van der Waals surface area contributed by atoms with Crippen molar-refractivity contribution in [3.05, 3.63) is 12.2 Å². The first kappa shape index (κ1) is 7.76. The van der Waals surface area contributed by atoms with Crippen molar-refractivity contribution in [3.63, 3.8) is 0 Å². The first-order valence-corrected chi connectivity index (χ1v) is 3.96. The summed E-state index contributed by atoms with van der Waals surface area (Å²) in [5.41, 5.74) is 1.33. The molecule has 2 heteroatoms. The summed E-state index contributed by atoms with van der Waals surface area (Å²) in [6.45, 7) is 8.08. The number of nitrogens with one attached hydrogen (secondary N) is 2. The number of hydrogen-bond donors (Lipinski definition) is 2. The van der Waals surface area contributed by atoms with Gasteiger partial charge in [0.15, 0.2) is 0 Å². The maximum absolute atomic E-state index is 3.92. The molecule has 0 aromatic rings. The Balaban J connectivity index is 2.19. The molecular weight excluding hydrogens is 124 g/mol. The number of rotatable bonds is 2. The van der Waals surface area contributed by atoms with Crippen molar-refractivity contribution in [2.75, 3.05) is 13.1 Å². The molecule has 0 amide bonds. The molecule has 0 aromatic heterocycles. The molecule has 1 aliphatic rings. The molecule has 1 rings (SSSR count). The predicted molar refractivity (Wildman–Crippen MR) is 43.8 cm³/mol. The van der Waals surface area contributed by atoms with Crippen LogP contribution >= 0.6 is 0 Å². The minimum atomic E-state index is 0.524. The summed E-state index contributed by atoms with van der Waals surface area (Å²) in [5, 5.41) is 6.71. The molecular formula is C8H16N2. The quantitative estimate of drug-likeness (QED) is 0.556. The van der Waals surface area contributed by atoms with Gasteiger partial charge in [-0.05, 0) is 19.4 Å². The van der Waals surface area contributed by atoms with Gasteiger partial charge in [-0.3, -0.25) is 5.32 Å². The molecule has 1 fully saturated rings. The molecule has 1 saturated heterocycles. The van der Waals surface area contributed by atoms with Crippen LogP contribution in [0, 0.1) is 0 Å². The molecule has 2 N–H and O–H groups in total. The third kappa shape index (κ3) is 2.12. The van der Waals surface area contributed by atoms with E-state index in [-0.39, 0.29) is 0 Å². The van der Waals surface area contributed by atoms with E-state index in [1.54, 1.807) is 0 Å². The highest BCUT2D eigenvalue weighted by atomic mass is 15.1. The topological polar surface area (TPSA) is 24.1 Å². The van der Waals surface area contributed by atoms with E-state index < -0.39 is 0 Å². The molecule has 0 aliphatic carbocycles. The van der Waals surface area contributed by atoms with Crippen LogP contribution in [0.4, 0.5) is 0 Å². The molecule has 1 unspecified atom stereocenters. The standard InChI is InChI=1S/C8H16N2/c1-3-9-8-5-4-7(2)6-10-8/h8-10H,2-6H2,1H3. The van der Waals surface area contributed by atoms with E-state index in [2.05, 4.69) is 24.1 Å². The summed E-state index contributed by atoms with van der Waals surface area (Å²) < 4.78 is 0. The van der Waals surface area contributed by atoms with E-state index in [1.807, 2.05) is 0 Å². The summed E-state index contributed by atoms with van der Waals surface area (Å²) in [7, 11) is 0. The predicted octanol–water partition coefficient (Wildman–Crippen LogP) is 0.862. The number of piperidine rings is 1. The minimum Gasteiger partial charge on any atom is -0.302 e. The van der Waals surface area contributed by atoms with Gasteiger partial charge in [-0.15, -0.1) is 0 Å². The lowest BCUT2D eigenvalue weighted by molar-refractivity contribution is 0.391. The Hall–Kier alpha value is -0.340. The van der Waals surface area contributed by atoms with Crippen LogP contribution in [0.3, 0.4) is 0 Å². The molecule has 10 heavy (non-hydrogen) atoms. The Morgan fingerprint density at radius 2 is 2.60 bits per heavy atom. The normalized spacial score (nSPS) is 26.9. The van der Waals surface area contributed by atoms with Gasteiger partial charge in [0.2, 0.25) is 0 Å². The summed E-state index contributed by atoms with van der Waals surface area (Å²) in [5.74, 6) is 0. The summed E-state index contributed by atoms with van der Waals surface area (Å²) in [6, 6.07) is 0. The van der Waals surface area contributed by atoms with Crippen LogP contribution in [0.1, 0.15) is 19.8 Å². The third-order valence-electron chi connectivity index (χ3n) is 1.84. The third-order valence-corrected chi connectivity index (χ3v) is 1.84. The lowest BCUT2D eigenvalue weighted by Crippen LogP contribution is -2.45. The van der Waals surface area contributed by atoms with E-state index in [0.717, 1.165) is 13.1 Å². The maximum atomic E-state index is 3.92. The van der Waals surface area contributed by atoms with Crippen LogP contribution < -0.4 is 10.6 Å². The molecule has 0 bridgehead atoms. The van der Waals surface area contributed by atoms with Crippen LogP contribution in [-0.2, 0) is 0 Å². The second-order valence-electron chi connectivity index (χ2n) is 2.78. The van der Waals surface area contributed by atoms with Gasteiger partial charge in [0.1, 0.15) is 0 Å². The van der Waals surface area contributed by atoms with E-state index in [0.29, 0.717) is 6.17 Å². The molecule has 0 spiro atoms. The van der Waals surface area contributed by atoms with Gasteiger partial charge in [0.25, 0.3) is 0 Å². The molecule has 2 nitrogen and oxygen atoms in total. The summed E-state index contributed by atoms with van der Waals surface area (Å²) in [4.78, 5) is 0. The highest BCUT2D eigenvalue weighted by Crippen LogP contribution is 2.08. The van der Waals surface area contributed by atoms with E-state index >= 15 is 0 Å². The largest absolute Gasteiger partial charge is 0.302 e. The van der Waals surface area contributed by atoms with Crippen LogP contribution in [0.5, 0.6) is 0 Å².